The second-order valence-corrected chi connectivity index (χ2v) is 4.35. The molecule has 0 radical (unpaired) electrons. The molecule has 0 amide bonds. The smallest absolute Gasteiger partial charge is 0.0897 e. The predicted octanol–water partition coefficient (Wildman–Crippen LogP) is 1.000. The number of hydrogen-bond acceptors (Lipinski definition) is 4. The third kappa shape index (κ3) is 7.05. The third-order valence-corrected chi connectivity index (χ3v) is 2.34. The van der Waals surface area contributed by atoms with Gasteiger partial charge in [-0.3, -0.25) is 4.98 Å². The van der Waals surface area contributed by atoms with Crippen LogP contribution in [0.25, 0.3) is 0 Å². The van der Waals surface area contributed by atoms with Crippen LogP contribution in [0.3, 0.4) is 0 Å². The molecule has 1 aromatic heterocycles. The van der Waals surface area contributed by atoms with E-state index in [1.54, 1.807) is 12.4 Å². The number of pyridine rings is 1. The van der Waals surface area contributed by atoms with Crippen molar-refractivity contribution in [3.8, 4) is 0 Å². The van der Waals surface area contributed by atoms with Gasteiger partial charge in [-0.05, 0) is 44.5 Å². The average molecular weight is 238 g/mol. The van der Waals surface area contributed by atoms with Crippen molar-refractivity contribution < 1.29 is 9.84 Å². The predicted molar refractivity (Wildman–Crippen MR) is 67.9 cm³/mol. The maximum atomic E-state index is 9.60. The zero-order chi connectivity index (χ0) is 12.5. The second-order valence-electron chi connectivity index (χ2n) is 4.35. The Hall–Kier alpha value is -0.970. The van der Waals surface area contributed by atoms with Gasteiger partial charge in [0.15, 0.2) is 0 Å². The summed E-state index contributed by atoms with van der Waals surface area (Å²) in [5.74, 6) is 0. The van der Waals surface area contributed by atoms with Crippen LogP contribution in [0.15, 0.2) is 24.5 Å². The molecule has 0 bridgehead atoms. The summed E-state index contributed by atoms with van der Waals surface area (Å²) in [5, 5.41) is 12.8. The Balaban J connectivity index is 2.04. The van der Waals surface area contributed by atoms with E-state index in [9.17, 15) is 5.11 Å². The van der Waals surface area contributed by atoms with E-state index in [0.717, 1.165) is 13.0 Å². The van der Waals surface area contributed by atoms with Gasteiger partial charge in [0.1, 0.15) is 0 Å². The van der Waals surface area contributed by atoms with E-state index >= 15 is 0 Å². The van der Waals surface area contributed by atoms with Gasteiger partial charge < -0.3 is 15.2 Å². The average Bonchev–Trinajstić information content (AvgIpc) is 2.33. The largest absolute Gasteiger partial charge is 0.389 e. The monoisotopic (exact) mass is 238 g/mol. The molecule has 96 valence electrons. The normalized spacial score (nSPS) is 12.9. The molecule has 17 heavy (non-hydrogen) atoms. The molecule has 4 nitrogen and oxygen atoms in total. The van der Waals surface area contributed by atoms with Crippen LogP contribution >= 0.6 is 0 Å². The highest BCUT2D eigenvalue weighted by molar-refractivity contribution is 5.09. The van der Waals surface area contributed by atoms with Gasteiger partial charge in [0.25, 0.3) is 0 Å². The van der Waals surface area contributed by atoms with Gasteiger partial charge in [0.05, 0.1) is 18.8 Å². The minimum atomic E-state index is -0.435. The summed E-state index contributed by atoms with van der Waals surface area (Å²) < 4.78 is 5.32. The summed E-state index contributed by atoms with van der Waals surface area (Å²) in [5.41, 5.74) is 1.25. The zero-order valence-corrected chi connectivity index (χ0v) is 10.6. The molecule has 0 aliphatic carbocycles. The third-order valence-electron chi connectivity index (χ3n) is 2.34. The Morgan fingerprint density at radius 1 is 1.35 bits per heavy atom. The number of nitrogens with zero attached hydrogens (tertiary/aromatic N) is 1. The summed E-state index contributed by atoms with van der Waals surface area (Å²) in [6, 6.07) is 4.00. The molecule has 0 aliphatic heterocycles. The molecule has 1 aromatic rings. The number of rotatable bonds is 8. The standard InChI is InChI=1S/C13H22N2O2/c1-11(2)17-10-13(16)9-15-8-5-12-3-6-14-7-4-12/h3-4,6-7,11,13,15-16H,5,8-10H2,1-2H3. The molecular weight excluding hydrogens is 216 g/mol. The van der Waals surface area contributed by atoms with Crippen LogP contribution in [0, 0.1) is 0 Å². The van der Waals surface area contributed by atoms with E-state index in [4.69, 9.17) is 4.74 Å². The highest BCUT2D eigenvalue weighted by atomic mass is 16.5. The molecule has 0 saturated heterocycles. The van der Waals surface area contributed by atoms with E-state index in [1.807, 2.05) is 26.0 Å². The molecular formula is C13H22N2O2. The lowest BCUT2D eigenvalue weighted by Crippen LogP contribution is -2.32. The van der Waals surface area contributed by atoms with Crippen molar-refractivity contribution in [2.24, 2.45) is 0 Å². The fraction of sp³-hybridized carbons (Fsp3) is 0.615. The van der Waals surface area contributed by atoms with E-state index in [0.29, 0.717) is 13.2 Å². The Labute approximate surface area is 103 Å². The number of ether oxygens (including phenoxy) is 1. The van der Waals surface area contributed by atoms with Crippen LogP contribution in [0.5, 0.6) is 0 Å². The van der Waals surface area contributed by atoms with E-state index in [1.165, 1.54) is 5.56 Å². The quantitative estimate of drug-likeness (QED) is 0.663. The summed E-state index contributed by atoms with van der Waals surface area (Å²) in [7, 11) is 0. The maximum absolute atomic E-state index is 9.60. The molecule has 2 N–H and O–H groups in total. The van der Waals surface area contributed by atoms with Gasteiger partial charge in [-0.25, -0.2) is 0 Å². The van der Waals surface area contributed by atoms with Crippen LogP contribution in [0.2, 0.25) is 0 Å². The summed E-state index contributed by atoms with van der Waals surface area (Å²) >= 11 is 0. The molecule has 0 aromatic carbocycles. The maximum Gasteiger partial charge on any atom is 0.0897 e. The molecule has 0 fully saturated rings. The topological polar surface area (TPSA) is 54.4 Å². The molecule has 1 heterocycles. The van der Waals surface area contributed by atoms with Gasteiger partial charge in [-0.15, -0.1) is 0 Å². The molecule has 0 aliphatic rings. The van der Waals surface area contributed by atoms with E-state index in [-0.39, 0.29) is 6.10 Å². The highest BCUT2D eigenvalue weighted by Crippen LogP contribution is 1.96. The summed E-state index contributed by atoms with van der Waals surface area (Å²) in [6.07, 6.45) is 4.26. The number of aromatic nitrogens is 1. The molecule has 1 rings (SSSR count). The van der Waals surface area contributed by atoms with Crippen LogP contribution in [-0.2, 0) is 11.2 Å². The van der Waals surface area contributed by atoms with Crippen LogP contribution < -0.4 is 5.32 Å². The Morgan fingerprint density at radius 3 is 2.71 bits per heavy atom. The van der Waals surface area contributed by atoms with Crippen molar-refractivity contribution in [1.29, 1.82) is 0 Å². The number of aliphatic hydroxyl groups is 1. The van der Waals surface area contributed by atoms with Crippen molar-refractivity contribution in [1.82, 2.24) is 10.3 Å². The van der Waals surface area contributed by atoms with Gasteiger partial charge in [0.2, 0.25) is 0 Å². The van der Waals surface area contributed by atoms with Crippen molar-refractivity contribution in [2.45, 2.75) is 32.5 Å². The van der Waals surface area contributed by atoms with Gasteiger partial charge in [-0.2, -0.15) is 0 Å². The Bertz CT molecular complexity index is 291. The van der Waals surface area contributed by atoms with Gasteiger partial charge in [0, 0.05) is 18.9 Å². The Kier molecular flexibility index (Phi) is 6.77. The fourth-order valence-corrected chi connectivity index (χ4v) is 1.41. The summed E-state index contributed by atoms with van der Waals surface area (Å²) in [4.78, 5) is 3.97. The highest BCUT2D eigenvalue weighted by Gasteiger charge is 2.04. The number of aliphatic hydroxyl groups excluding tert-OH is 1. The molecule has 4 heteroatoms. The SMILES string of the molecule is CC(C)OCC(O)CNCCc1ccncc1. The first-order valence-electron chi connectivity index (χ1n) is 6.07. The molecule has 0 spiro atoms. The van der Waals surface area contributed by atoms with Crippen LogP contribution in [0.4, 0.5) is 0 Å². The van der Waals surface area contributed by atoms with E-state index in [2.05, 4.69) is 10.3 Å². The lowest BCUT2D eigenvalue weighted by atomic mass is 10.2. The van der Waals surface area contributed by atoms with E-state index < -0.39 is 6.10 Å². The minimum Gasteiger partial charge on any atom is -0.389 e. The second kappa shape index (κ2) is 8.17. The lowest BCUT2D eigenvalue weighted by molar-refractivity contribution is 0.00652. The van der Waals surface area contributed by atoms with Gasteiger partial charge >= 0.3 is 0 Å². The van der Waals surface area contributed by atoms with Crippen molar-refractivity contribution >= 4 is 0 Å². The molecule has 1 unspecified atom stereocenters. The van der Waals surface area contributed by atoms with Crippen molar-refractivity contribution in [3.05, 3.63) is 30.1 Å². The Morgan fingerprint density at radius 2 is 2.06 bits per heavy atom. The fourth-order valence-electron chi connectivity index (χ4n) is 1.41. The summed E-state index contributed by atoms with van der Waals surface area (Å²) in [6.45, 7) is 5.73. The lowest BCUT2D eigenvalue weighted by Gasteiger charge is -2.14. The minimum absolute atomic E-state index is 0.168. The first-order valence-corrected chi connectivity index (χ1v) is 6.07. The number of nitrogens with one attached hydrogen (secondary N) is 1. The van der Waals surface area contributed by atoms with Crippen LogP contribution in [-0.4, -0.2) is 42.0 Å². The zero-order valence-electron chi connectivity index (χ0n) is 10.6. The van der Waals surface area contributed by atoms with Gasteiger partial charge in [-0.1, -0.05) is 0 Å². The molecule has 1 atom stereocenters. The molecule has 0 saturated carbocycles. The first-order chi connectivity index (χ1) is 8.18. The van der Waals surface area contributed by atoms with Crippen LogP contribution in [0.1, 0.15) is 19.4 Å². The first kappa shape index (κ1) is 14.1. The van der Waals surface area contributed by atoms with Crippen molar-refractivity contribution in [3.63, 3.8) is 0 Å². The van der Waals surface area contributed by atoms with Crippen molar-refractivity contribution in [2.75, 3.05) is 19.7 Å². The number of hydrogen-bond donors (Lipinski definition) is 2.